The molecule has 0 radical (unpaired) electrons. The first-order valence-corrected chi connectivity index (χ1v) is 13.8. The molecule has 40 heavy (non-hydrogen) atoms. The summed E-state index contributed by atoms with van der Waals surface area (Å²) >= 11 is 0. The first-order chi connectivity index (χ1) is 18.9. The Labute approximate surface area is 231 Å². The predicted octanol–water partition coefficient (Wildman–Crippen LogP) is 4.46. The highest BCUT2D eigenvalue weighted by atomic mass is 32.2. The maximum absolute atomic E-state index is 13.8. The minimum Gasteiger partial charge on any atom is -0.497 e. The van der Waals surface area contributed by atoms with E-state index in [1.807, 2.05) is 0 Å². The average Bonchev–Trinajstić information content (AvgIpc) is 2.94. The van der Waals surface area contributed by atoms with Crippen molar-refractivity contribution >= 4 is 27.5 Å². The molecule has 3 aromatic carbocycles. The van der Waals surface area contributed by atoms with Gasteiger partial charge in [0.15, 0.2) is 0 Å². The van der Waals surface area contributed by atoms with E-state index < -0.39 is 46.2 Å². The third-order valence-electron chi connectivity index (χ3n) is 6.10. The lowest BCUT2D eigenvalue weighted by Gasteiger charge is -2.32. The molecule has 3 rings (SSSR count). The molecule has 0 fully saturated rings. The number of sulfonamides is 1. The number of hydrogen-bond donors (Lipinski definition) is 1. The number of amides is 2. The number of methoxy groups -OCH3 is 1. The molecule has 0 aliphatic heterocycles. The third-order valence-corrected chi connectivity index (χ3v) is 7.89. The van der Waals surface area contributed by atoms with Gasteiger partial charge in [0.1, 0.15) is 18.3 Å². The zero-order valence-electron chi connectivity index (χ0n) is 22.2. The van der Waals surface area contributed by atoms with Crippen molar-refractivity contribution in [2.75, 3.05) is 24.5 Å². The largest absolute Gasteiger partial charge is 0.497 e. The van der Waals surface area contributed by atoms with E-state index in [1.54, 1.807) is 37.3 Å². The molecule has 1 atom stereocenters. The van der Waals surface area contributed by atoms with Crippen LogP contribution in [0.2, 0.25) is 0 Å². The molecule has 214 valence electrons. The van der Waals surface area contributed by atoms with Gasteiger partial charge in [-0.25, -0.2) is 8.42 Å². The van der Waals surface area contributed by atoms with Gasteiger partial charge in [-0.05, 0) is 61.9 Å². The number of likely N-dealkylation sites (N-methyl/N-ethyl adjacent to an activating group) is 1. The van der Waals surface area contributed by atoms with Crippen LogP contribution in [0.3, 0.4) is 0 Å². The Morgan fingerprint density at radius 1 is 0.975 bits per heavy atom. The summed E-state index contributed by atoms with van der Waals surface area (Å²) in [4.78, 5) is 27.5. The number of anilines is 1. The fourth-order valence-electron chi connectivity index (χ4n) is 3.92. The van der Waals surface area contributed by atoms with Crippen LogP contribution in [0.15, 0.2) is 83.8 Å². The third kappa shape index (κ3) is 7.32. The number of carbonyl (C=O) groups excluding carboxylic acids is 2. The van der Waals surface area contributed by atoms with Gasteiger partial charge in [-0.3, -0.25) is 13.9 Å². The van der Waals surface area contributed by atoms with Gasteiger partial charge >= 0.3 is 6.18 Å². The quantitative estimate of drug-likeness (QED) is 0.363. The van der Waals surface area contributed by atoms with E-state index in [-0.39, 0.29) is 17.1 Å². The molecular formula is C28H30F3N3O5S. The molecule has 0 saturated carbocycles. The van der Waals surface area contributed by atoms with Gasteiger partial charge in [-0.2, -0.15) is 13.2 Å². The first-order valence-electron chi connectivity index (χ1n) is 12.3. The molecule has 12 heteroatoms. The predicted molar refractivity (Wildman–Crippen MR) is 144 cm³/mol. The highest BCUT2D eigenvalue weighted by molar-refractivity contribution is 7.92. The van der Waals surface area contributed by atoms with Crippen molar-refractivity contribution in [1.82, 2.24) is 10.2 Å². The minimum atomic E-state index is -4.74. The number of halogens is 3. The number of nitrogens with one attached hydrogen (secondary N) is 1. The summed E-state index contributed by atoms with van der Waals surface area (Å²) in [6.45, 7) is 2.59. The van der Waals surface area contributed by atoms with Gasteiger partial charge in [0, 0.05) is 13.1 Å². The van der Waals surface area contributed by atoms with Crippen LogP contribution in [0.5, 0.6) is 5.75 Å². The highest BCUT2D eigenvalue weighted by Crippen LogP contribution is 2.33. The molecule has 1 unspecified atom stereocenters. The van der Waals surface area contributed by atoms with Gasteiger partial charge in [0.2, 0.25) is 11.8 Å². The van der Waals surface area contributed by atoms with E-state index in [0.717, 1.165) is 12.1 Å². The zero-order valence-corrected chi connectivity index (χ0v) is 23.0. The molecule has 8 nitrogen and oxygen atoms in total. The molecular weight excluding hydrogens is 547 g/mol. The summed E-state index contributed by atoms with van der Waals surface area (Å²) in [7, 11) is -2.98. The van der Waals surface area contributed by atoms with E-state index >= 15 is 0 Å². The normalized spacial score (nSPS) is 12.3. The number of hydrogen-bond acceptors (Lipinski definition) is 5. The first kappa shape index (κ1) is 30.5. The molecule has 0 aromatic heterocycles. The molecule has 1 N–H and O–H groups in total. The van der Waals surface area contributed by atoms with Crippen LogP contribution in [0, 0.1) is 0 Å². The van der Waals surface area contributed by atoms with Crippen molar-refractivity contribution in [3.8, 4) is 5.75 Å². The van der Waals surface area contributed by atoms with Crippen LogP contribution in [-0.4, -0.2) is 51.4 Å². The van der Waals surface area contributed by atoms with Crippen LogP contribution in [-0.2, 0) is 32.3 Å². The van der Waals surface area contributed by atoms with Gasteiger partial charge in [0.25, 0.3) is 10.0 Å². The number of alkyl halides is 3. The van der Waals surface area contributed by atoms with Crippen LogP contribution in [0.4, 0.5) is 18.9 Å². The summed E-state index contributed by atoms with van der Waals surface area (Å²) < 4.78 is 73.6. The van der Waals surface area contributed by atoms with Crippen molar-refractivity contribution < 1.29 is 35.9 Å². The molecule has 0 saturated heterocycles. The summed E-state index contributed by atoms with van der Waals surface area (Å²) in [5.74, 6) is -0.685. The molecule has 0 spiro atoms. The summed E-state index contributed by atoms with van der Waals surface area (Å²) in [5, 5.41) is 2.64. The van der Waals surface area contributed by atoms with E-state index in [4.69, 9.17) is 4.74 Å². The Hall–Kier alpha value is -4.06. The molecule has 2 amide bonds. The van der Waals surface area contributed by atoms with Gasteiger partial charge < -0.3 is 15.0 Å². The molecule has 0 aliphatic carbocycles. The van der Waals surface area contributed by atoms with E-state index in [0.29, 0.717) is 28.2 Å². The van der Waals surface area contributed by atoms with Crippen molar-refractivity contribution in [2.45, 2.75) is 37.5 Å². The maximum atomic E-state index is 13.8. The molecule has 0 heterocycles. The van der Waals surface area contributed by atoms with E-state index in [2.05, 4.69) is 5.32 Å². The summed E-state index contributed by atoms with van der Waals surface area (Å²) in [5.41, 5.74) is -0.791. The minimum absolute atomic E-state index is 0.0665. The Balaban J connectivity index is 2.06. The lowest BCUT2D eigenvalue weighted by molar-refractivity contribution is -0.139. The van der Waals surface area contributed by atoms with Gasteiger partial charge in [-0.15, -0.1) is 0 Å². The smallest absolute Gasteiger partial charge is 0.416 e. The zero-order chi connectivity index (χ0) is 29.5. The second kappa shape index (κ2) is 12.9. The van der Waals surface area contributed by atoms with Crippen LogP contribution in [0.1, 0.15) is 25.0 Å². The average molecular weight is 578 g/mol. The summed E-state index contributed by atoms with van der Waals surface area (Å²) in [6.07, 6.45) is -4.74. The number of ether oxygens (including phenoxy) is 1. The highest BCUT2D eigenvalue weighted by Gasteiger charge is 2.35. The lowest BCUT2D eigenvalue weighted by atomic mass is 10.1. The number of rotatable bonds is 11. The van der Waals surface area contributed by atoms with E-state index in [1.165, 1.54) is 49.3 Å². The van der Waals surface area contributed by atoms with Gasteiger partial charge in [0.05, 0.1) is 23.3 Å². The second-order valence-corrected chi connectivity index (χ2v) is 10.7. The lowest BCUT2D eigenvalue weighted by Crippen LogP contribution is -2.51. The Morgan fingerprint density at radius 3 is 2.20 bits per heavy atom. The monoisotopic (exact) mass is 577 g/mol. The topological polar surface area (TPSA) is 96.0 Å². The van der Waals surface area contributed by atoms with Crippen molar-refractivity contribution in [1.29, 1.82) is 0 Å². The van der Waals surface area contributed by atoms with Gasteiger partial charge in [-0.1, -0.05) is 36.4 Å². The van der Waals surface area contributed by atoms with Crippen molar-refractivity contribution in [3.05, 3.63) is 90.0 Å². The number of nitrogens with zero attached hydrogens (tertiary/aromatic N) is 2. The fraction of sp³-hybridized carbons (Fsp3) is 0.286. The molecule has 0 bridgehead atoms. The number of benzene rings is 3. The van der Waals surface area contributed by atoms with Crippen LogP contribution < -0.4 is 14.4 Å². The van der Waals surface area contributed by atoms with E-state index in [9.17, 15) is 31.2 Å². The second-order valence-electron chi connectivity index (χ2n) is 8.81. The Kier molecular flexibility index (Phi) is 9.80. The molecule has 3 aromatic rings. The van der Waals surface area contributed by atoms with Crippen molar-refractivity contribution in [2.24, 2.45) is 0 Å². The Bertz CT molecular complexity index is 1420. The maximum Gasteiger partial charge on any atom is 0.416 e. The van der Waals surface area contributed by atoms with Crippen molar-refractivity contribution in [3.63, 3.8) is 0 Å². The Morgan fingerprint density at radius 2 is 1.62 bits per heavy atom. The summed E-state index contributed by atoms with van der Waals surface area (Å²) in [6, 6.07) is 16.5. The SMILES string of the molecule is CCNC(=O)C(C)N(Cc1ccc(OC)cc1)C(=O)CN(c1cccc(C(F)(F)F)c1)S(=O)(=O)c1ccccc1. The standard InChI is InChI=1S/C28H30F3N3O5S/c1-4-32-27(36)20(2)33(18-21-13-15-24(39-3)16-14-21)26(35)19-34(40(37,38)25-11-6-5-7-12-25)23-10-8-9-22(17-23)28(29,30)31/h5-17,20H,4,18-19H2,1-3H3,(H,32,36). The van der Waals surface area contributed by atoms with Crippen LogP contribution in [0.25, 0.3) is 0 Å². The van der Waals surface area contributed by atoms with Crippen LogP contribution >= 0.6 is 0 Å². The fourth-order valence-corrected chi connectivity index (χ4v) is 5.35. The number of carbonyl (C=O) groups is 2. The molecule has 0 aliphatic rings.